The minimum absolute atomic E-state index is 0.0576. The lowest BCUT2D eigenvalue weighted by molar-refractivity contribution is -0.282. The number of nitrogens with zero attached hydrogens (tertiary/aromatic N) is 7. The normalized spacial score (nSPS) is 23.5. The fraction of sp³-hybridized carbons (Fsp3) is 0.429. The number of methoxy groups -OCH3 is 1. The number of urea groups is 1. The number of hydrogen-bond acceptors (Lipinski definition) is 22. The molecule has 5 heterocycles. The second kappa shape index (κ2) is 31.9. The van der Waals surface area contributed by atoms with Crippen LogP contribution in [-0.4, -0.2) is 182 Å². The van der Waals surface area contributed by atoms with Gasteiger partial charge in [-0.25, -0.2) is 29.1 Å². The third kappa shape index (κ3) is 16.7. The highest BCUT2D eigenvalue weighted by molar-refractivity contribution is 7.22. The minimum atomic E-state index is -1.67. The van der Waals surface area contributed by atoms with Crippen molar-refractivity contribution < 1.29 is 76.6 Å². The van der Waals surface area contributed by atoms with Crippen molar-refractivity contribution in [3.63, 3.8) is 0 Å². The molecule has 582 valence electrons. The van der Waals surface area contributed by atoms with Gasteiger partial charge < -0.3 is 63.4 Å². The number of rotatable bonds is 27. The molecule has 2 unspecified atom stereocenters. The molecule has 4 bridgehead atoms. The van der Waals surface area contributed by atoms with Crippen molar-refractivity contribution in [3.05, 3.63) is 162 Å². The van der Waals surface area contributed by atoms with Crippen molar-refractivity contribution in [1.82, 2.24) is 30.0 Å². The molecule has 3 aromatic heterocycles. The largest absolute Gasteiger partial charge is 0.476 e. The smallest absolute Gasteiger partial charge is 0.407 e. The highest BCUT2D eigenvalue weighted by atomic mass is 32.1. The average molecular weight is 1530 g/mol. The maximum Gasteiger partial charge on any atom is 0.407 e. The van der Waals surface area contributed by atoms with Crippen LogP contribution in [-0.2, 0) is 58.9 Å². The van der Waals surface area contributed by atoms with Crippen molar-refractivity contribution in [3.8, 4) is 39.3 Å². The molecule has 5 fully saturated rings. The molecule has 7 atom stereocenters. The first-order valence-corrected chi connectivity index (χ1v) is 38.5. The first-order chi connectivity index (χ1) is 53.3. The topological polar surface area (TPSA) is 303 Å². The molecule has 8 aromatic rings. The Bertz CT molecular complexity index is 4830. The standard InChI is InChI=1S/C84H94N10O16S/c1-50-61(60-28-29-63(88-70(60)75(98)99)55-27-30-66-67(40-55)93(36-35-92(66)8)79(101)90-78-89-64-24-14-15-25-69(64)111-78)41-87-94(50)49-83-44-81(5)43-82(6,45-83)47-84(46-81,48-83)105-38-37-91(7)34-17-16-19-54-26-31-68(109-77-74(108-53(4)97)72(107-52(3)96)71(106-51(2)95)73(110-77)76(100)103-9)65(39-54)85-32-18-33-86-80(102)104-42-62-58-22-12-10-20-56(58)57-21-11-13-23-59(57)62/h10-16,19-31,39-41,62,71-74,77,85H,17-18,32-38,42-49H2,1-9H3,(H,86,102)(H,98,99)(H,89,90,101)/b19-16+/t71-,72-,73-,74+,77+,81?,82?,83?,84?/m0/s1. The van der Waals surface area contributed by atoms with Gasteiger partial charge in [-0.3, -0.25) is 29.3 Å². The molecule has 27 heteroatoms. The van der Waals surface area contributed by atoms with Gasteiger partial charge >= 0.3 is 42.0 Å². The van der Waals surface area contributed by atoms with E-state index in [0.29, 0.717) is 91.1 Å². The maximum absolute atomic E-state index is 13.9. The summed E-state index contributed by atoms with van der Waals surface area (Å²) in [7, 11) is 5.18. The number of para-hydroxylation sites is 1. The molecule has 111 heavy (non-hydrogen) atoms. The van der Waals surface area contributed by atoms with E-state index in [-0.39, 0.29) is 58.4 Å². The quantitative estimate of drug-likeness (QED) is 0.0211. The number of esters is 4. The number of alkyl carbamates (subject to hydrolysis) is 1. The second-order valence-electron chi connectivity index (χ2n) is 31.2. The van der Waals surface area contributed by atoms with Gasteiger partial charge in [0.05, 0.1) is 58.5 Å². The third-order valence-electron chi connectivity index (χ3n) is 22.2. The minimum Gasteiger partial charge on any atom is -0.476 e. The summed E-state index contributed by atoms with van der Waals surface area (Å²) < 4.78 is 50.5. The molecule has 7 aliphatic rings. The Labute approximate surface area is 648 Å². The molecule has 4 N–H and O–H groups in total. The maximum atomic E-state index is 13.9. The number of carboxylic acids is 1. The van der Waals surface area contributed by atoms with Crippen LogP contribution in [0.1, 0.15) is 125 Å². The highest BCUT2D eigenvalue weighted by Crippen LogP contribution is 2.72. The summed E-state index contributed by atoms with van der Waals surface area (Å²) in [6.07, 6.45) is 4.47. The summed E-state index contributed by atoms with van der Waals surface area (Å²) in [5.41, 5.74) is 10.8. The van der Waals surface area contributed by atoms with Crippen LogP contribution in [0.5, 0.6) is 5.75 Å². The molecular weight excluding hydrogens is 1440 g/mol. The zero-order chi connectivity index (χ0) is 78.1. The Kier molecular flexibility index (Phi) is 22.1. The van der Waals surface area contributed by atoms with E-state index in [2.05, 4.69) is 86.7 Å². The Morgan fingerprint density at radius 3 is 2.15 bits per heavy atom. The zero-order valence-electron chi connectivity index (χ0n) is 63.9. The van der Waals surface area contributed by atoms with Crippen LogP contribution < -0.4 is 30.5 Å². The van der Waals surface area contributed by atoms with Gasteiger partial charge in [-0.1, -0.05) is 110 Å². The van der Waals surface area contributed by atoms with Crippen molar-refractivity contribution in [2.75, 3.05) is 94.1 Å². The van der Waals surface area contributed by atoms with E-state index >= 15 is 0 Å². The number of hydrogen-bond donors (Lipinski definition) is 4. The summed E-state index contributed by atoms with van der Waals surface area (Å²) in [6.45, 7) is 14.6. The van der Waals surface area contributed by atoms with E-state index in [1.54, 1.807) is 17.2 Å². The number of aromatic carboxylic acids is 1. The fourth-order valence-corrected chi connectivity index (χ4v) is 19.6. The van der Waals surface area contributed by atoms with E-state index in [1.807, 2.05) is 111 Å². The summed E-state index contributed by atoms with van der Waals surface area (Å²) in [6, 6.07) is 38.4. The SMILES string of the molecule is COC(=O)[C@H]1O[C@@H](Oc2ccc(/C=C/CCN(C)CCOC34CC5(C)CC(C)(CC(Cn6ncc(-c7ccc(-c8ccc9c(c8)N(C(=O)Nc8nc%10ccccc%10s8)CCN9C)nc7C(=O)O)c6C)(C5)C3)C4)cc2NCCCNC(=O)OCC2c3ccccc3-c3ccccc32)[C@H](OC(C)=O)[C@@H](OC(C)=O)[C@@H]1OC(C)=O. The Hall–Kier alpha value is -10.7. The number of amides is 3. The van der Waals surface area contributed by atoms with Crippen molar-refractivity contribution >= 4 is 91.8 Å². The number of thiazole rings is 1. The molecular formula is C84H94N10O16S. The lowest BCUT2D eigenvalue weighted by atomic mass is 9.39. The van der Waals surface area contributed by atoms with Gasteiger partial charge in [0.1, 0.15) is 12.4 Å². The number of anilines is 4. The highest BCUT2D eigenvalue weighted by Gasteiger charge is 2.66. The van der Waals surface area contributed by atoms with Crippen LogP contribution >= 0.6 is 11.3 Å². The van der Waals surface area contributed by atoms with Crippen molar-refractivity contribution in [2.24, 2.45) is 16.2 Å². The molecule has 5 aromatic carbocycles. The molecule has 5 aliphatic carbocycles. The molecule has 2 aliphatic heterocycles. The molecule has 0 radical (unpaired) electrons. The van der Waals surface area contributed by atoms with Crippen LogP contribution in [0.4, 0.5) is 31.8 Å². The summed E-state index contributed by atoms with van der Waals surface area (Å²) in [4.78, 5) is 107. The molecule has 1 saturated heterocycles. The lowest BCUT2D eigenvalue weighted by Crippen LogP contribution is -2.64. The monoisotopic (exact) mass is 1530 g/mol. The third-order valence-corrected chi connectivity index (χ3v) is 23.2. The number of aromatic nitrogens is 4. The summed E-state index contributed by atoms with van der Waals surface area (Å²) >= 11 is 1.41. The van der Waals surface area contributed by atoms with E-state index in [9.17, 15) is 38.7 Å². The van der Waals surface area contributed by atoms with Crippen LogP contribution in [0, 0.1) is 23.2 Å². The number of fused-ring (bicyclic) bond motifs is 5. The number of pyridine rings is 1. The number of nitrogens with one attached hydrogen (secondary N) is 3. The van der Waals surface area contributed by atoms with Crippen LogP contribution in [0.15, 0.2) is 134 Å². The predicted molar refractivity (Wildman–Crippen MR) is 419 cm³/mol. The van der Waals surface area contributed by atoms with Crippen LogP contribution in [0.3, 0.4) is 0 Å². The van der Waals surface area contributed by atoms with Gasteiger partial charge in [0.15, 0.2) is 29.1 Å². The van der Waals surface area contributed by atoms with E-state index < -0.39 is 66.6 Å². The van der Waals surface area contributed by atoms with Crippen LogP contribution in [0.25, 0.3) is 49.8 Å². The van der Waals surface area contributed by atoms with Crippen molar-refractivity contribution in [1.29, 1.82) is 0 Å². The average Bonchev–Trinajstić information content (AvgIpc) is 1.58. The van der Waals surface area contributed by atoms with Gasteiger partial charge in [0, 0.05) is 102 Å². The molecule has 3 amide bonds. The molecule has 15 rings (SSSR count). The molecule has 0 spiro atoms. The summed E-state index contributed by atoms with van der Waals surface area (Å²) in [5.74, 6) is -4.51. The van der Waals surface area contributed by atoms with E-state index in [0.717, 1.165) is 122 Å². The first kappa shape index (κ1) is 77.0. The Morgan fingerprint density at radius 2 is 1.44 bits per heavy atom. The number of carboxylic acid groups (broad SMARTS) is 1. The Morgan fingerprint density at radius 1 is 0.739 bits per heavy atom. The molecule has 4 saturated carbocycles. The number of ether oxygens (including phenoxy) is 8. The number of carbonyl (C=O) groups excluding carboxylic acids is 6. The van der Waals surface area contributed by atoms with Gasteiger partial charge in [-0.15, -0.1) is 0 Å². The van der Waals surface area contributed by atoms with Crippen molar-refractivity contribution in [2.45, 2.75) is 142 Å². The van der Waals surface area contributed by atoms with E-state index in [1.165, 1.54) is 11.3 Å². The lowest BCUT2D eigenvalue weighted by Gasteiger charge is -2.69. The van der Waals surface area contributed by atoms with Gasteiger partial charge in [0.2, 0.25) is 12.4 Å². The van der Waals surface area contributed by atoms with Crippen LogP contribution in [0.2, 0.25) is 0 Å². The zero-order valence-corrected chi connectivity index (χ0v) is 64.7. The first-order valence-electron chi connectivity index (χ1n) is 37.7. The predicted octanol–water partition coefficient (Wildman–Crippen LogP) is 13.3. The number of likely N-dealkylation sites (N-methyl/N-ethyl adjacent to an activating group) is 2. The summed E-state index contributed by atoms with van der Waals surface area (Å²) in [5, 5.41) is 25.6. The van der Waals surface area contributed by atoms with Gasteiger partial charge in [-0.2, -0.15) is 5.10 Å². The van der Waals surface area contributed by atoms with Gasteiger partial charge in [-0.05, 0) is 158 Å². The fourth-order valence-electron chi connectivity index (χ4n) is 18.7. The molecule has 26 nitrogen and oxygen atoms in total. The van der Waals surface area contributed by atoms with E-state index in [4.69, 9.17) is 48.0 Å². The Balaban J connectivity index is 0.619. The van der Waals surface area contributed by atoms with Gasteiger partial charge in [0.25, 0.3) is 0 Å². The number of benzene rings is 5. The number of carbonyl (C=O) groups is 7. The second-order valence-corrected chi connectivity index (χ2v) is 32.2.